The number of halogens is 6. The molecule has 0 radical (unpaired) electrons. The number of nitrogens with zero attached hydrogens (tertiary/aromatic N) is 1. The summed E-state index contributed by atoms with van der Waals surface area (Å²) in [5.41, 5.74) is 0.608. The van der Waals surface area contributed by atoms with Crippen molar-refractivity contribution >= 4 is 114 Å². The van der Waals surface area contributed by atoms with E-state index in [4.69, 9.17) is 65.4 Å². The number of rotatable bonds is 5. The first-order valence-electron chi connectivity index (χ1n) is 16.5. The standard InChI is InChI=1S/C18H18BrCl2NO4.C15H13BrCl2O3.C3H5NO/c1-3-22-17(24)25-15-13(16(23)26-18(15)6-4-5-7-18)12-11(20)8-10(19)9(2)14(12)21;1-7-8(16)6-9(17)10(12(7)18)11-13(19)15(21-14(11)20)4-2-3-5-15;1-2-4-3-5/h8H,3-7H2,1-2H3,(H,22,24);6,19H,2-5H2,1H3;2H2,1H3. The second kappa shape index (κ2) is 17.7. The third kappa shape index (κ3) is 8.38. The minimum Gasteiger partial charge on any atom is -0.507 e. The number of hydrogen-bond donors (Lipinski definition) is 2. The van der Waals surface area contributed by atoms with Gasteiger partial charge in [-0.25, -0.2) is 24.2 Å². The second-order valence-corrected chi connectivity index (χ2v) is 15.7. The molecule has 4 aliphatic rings. The number of isocyanates is 1. The first-order valence-corrected chi connectivity index (χ1v) is 19.6. The zero-order valence-electron chi connectivity index (χ0n) is 28.7. The van der Waals surface area contributed by atoms with Gasteiger partial charge >= 0.3 is 18.0 Å². The first kappa shape index (κ1) is 42.2. The number of aliphatic hydroxyl groups is 1. The summed E-state index contributed by atoms with van der Waals surface area (Å²) in [6.07, 6.45) is 6.83. The van der Waals surface area contributed by atoms with Crippen LogP contribution in [0, 0.1) is 13.8 Å². The number of ether oxygens (including phenoxy) is 3. The molecule has 1 amide bonds. The van der Waals surface area contributed by atoms with Crippen LogP contribution in [0.15, 0.2) is 37.6 Å². The predicted octanol–water partition coefficient (Wildman–Crippen LogP) is 10.9. The number of hydrogen-bond acceptors (Lipinski definition) is 9. The maximum absolute atomic E-state index is 12.8. The van der Waals surface area contributed by atoms with E-state index in [1.807, 2.05) is 13.8 Å². The fourth-order valence-corrected chi connectivity index (χ4v) is 9.15. The lowest BCUT2D eigenvalue weighted by molar-refractivity contribution is -0.147. The van der Waals surface area contributed by atoms with Gasteiger partial charge in [-0.2, -0.15) is 0 Å². The zero-order chi connectivity index (χ0) is 38.5. The van der Waals surface area contributed by atoms with Crippen molar-refractivity contribution in [2.24, 2.45) is 4.99 Å². The van der Waals surface area contributed by atoms with Crippen molar-refractivity contribution in [2.75, 3.05) is 13.1 Å². The Balaban J connectivity index is 0.000000209. The zero-order valence-corrected chi connectivity index (χ0v) is 34.9. The molecule has 2 aromatic rings. The van der Waals surface area contributed by atoms with Gasteiger partial charge in [-0.05, 0) is 102 Å². The highest BCUT2D eigenvalue weighted by atomic mass is 79.9. The third-order valence-corrected chi connectivity index (χ3v) is 12.3. The van der Waals surface area contributed by atoms with Gasteiger partial charge in [0.25, 0.3) is 0 Å². The van der Waals surface area contributed by atoms with Gasteiger partial charge in [0.15, 0.2) is 22.7 Å². The first-order chi connectivity index (χ1) is 24.6. The molecule has 2 fully saturated rings. The molecule has 2 spiro atoms. The van der Waals surface area contributed by atoms with E-state index in [-0.39, 0.29) is 27.7 Å². The Kier molecular flexibility index (Phi) is 14.4. The van der Waals surface area contributed by atoms with Crippen LogP contribution in [0.1, 0.15) is 87.5 Å². The molecule has 52 heavy (non-hydrogen) atoms. The van der Waals surface area contributed by atoms with E-state index < -0.39 is 29.2 Å². The van der Waals surface area contributed by atoms with E-state index in [9.17, 15) is 19.5 Å². The molecule has 2 aliphatic carbocycles. The van der Waals surface area contributed by atoms with Gasteiger partial charge in [-0.1, -0.05) is 78.3 Å². The highest BCUT2D eigenvalue weighted by molar-refractivity contribution is 9.10. The number of esters is 2. The number of carbonyl (C=O) groups excluding carboxylic acids is 4. The molecule has 280 valence electrons. The highest BCUT2D eigenvalue weighted by Crippen LogP contribution is 2.52. The van der Waals surface area contributed by atoms with Gasteiger partial charge in [0.2, 0.25) is 6.08 Å². The van der Waals surface area contributed by atoms with E-state index in [0.717, 1.165) is 45.8 Å². The molecule has 0 bridgehead atoms. The largest absolute Gasteiger partial charge is 0.507 e. The Morgan fingerprint density at radius 2 is 1.31 bits per heavy atom. The number of benzene rings is 2. The lowest BCUT2D eigenvalue weighted by Gasteiger charge is -2.24. The SMILES string of the molecule is CCN=C=O.CCNC(=O)OC1=C(c2c(Cl)cc(Br)c(C)c2Cl)C(=O)OC12CCCC2.Cc1c(Br)cc(Cl)c(C2=C(O)C3(CCCC3)OC2=O)c1Cl. The molecule has 16 heteroatoms. The second-order valence-electron chi connectivity index (χ2n) is 12.4. The summed E-state index contributed by atoms with van der Waals surface area (Å²) in [5, 5.41) is 14.4. The maximum atomic E-state index is 12.8. The van der Waals surface area contributed by atoms with Crippen LogP contribution in [0.5, 0.6) is 0 Å². The molecule has 2 N–H and O–H groups in total. The number of aliphatic imine (C=N–C) groups is 1. The topological polar surface area (TPSA) is 141 Å². The van der Waals surface area contributed by atoms with Gasteiger partial charge in [0.05, 0.1) is 20.1 Å². The summed E-state index contributed by atoms with van der Waals surface area (Å²) in [5.74, 6) is -0.955. The van der Waals surface area contributed by atoms with Crippen LogP contribution < -0.4 is 5.32 Å². The van der Waals surface area contributed by atoms with Crippen molar-refractivity contribution in [2.45, 2.75) is 90.3 Å². The Morgan fingerprint density at radius 3 is 1.75 bits per heavy atom. The van der Waals surface area contributed by atoms with Crippen molar-refractivity contribution < 1.29 is 38.5 Å². The Bertz CT molecular complexity index is 1900. The smallest absolute Gasteiger partial charge is 0.412 e. The van der Waals surface area contributed by atoms with E-state index in [1.54, 1.807) is 26.0 Å². The van der Waals surface area contributed by atoms with Gasteiger partial charge < -0.3 is 24.6 Å². The van der Waals surface area contributed by atoms with Gasteiger partial charge in [-0.15, -0.1) is 0 Å². The van der Waals surface area contributed by atoms with Crippen LogP contribution in [-0.4, -0.2) is 53.5 Å². The molecule has 0 atom stereocenters. The van der Waals surface area contributed by atoms with Crippen molar-refractivity contribution in [3.8, 4) is 0 Å². The van der Waals surface area contributed by atoms with Crippen molar-refractivity contribution in [1.82, 2.24) is 5.32 Å². The Hall–Kier alpha value is -2.57. The lowest BCUT2D eigenvalue weighted by Crippen LogP contribution is -2.33. The molecule has 10 nitrogen and oxygen atoms in total. The summed E-state index contributed by atoms with van der Waals surface area (Å²) in [7, 11) is 0. The molecule has 2 aromatic carbocycles. The quantitative estimate of drug-likeness (QED) is 0.131. The maximum Gasteiger partial charge on any atom is 0.412 e. The molecule has 0 saturated heterocycles. The molecule has 2 aliphatic heterocycles. The summed E-state index contributed by atoms with van der Waals surface area (Å²) in [6, 6.07) is 3.34. The van der Waals surface area contributed by atoms with Crippen LogP contribution in [-0.2, 0) is 28.6 Å². The summed E-state index contributed by atoms with van der Waals surface area (Å²) >= 11 is 32.2. The Labute approximate surface area is 338 Å². The monoisotopic (exact) mass is 922 g/mol. The van der Waals surface area contributed by atoms with Gasteiger partial charge in [0.1, 0.15) is 11.1 Å². The van der Waals surface area contributed by atoms with Crippen molar-refractivity contribution in [1.29, 1.82) is 0 Å². The number of carbonyl (C=O) groups is 3. The number of alkyl carbamates (subject to hydrolysis) is 1. The van der Waals surface area contributed by atoms with Crippen LogP contribution in [0.3, 0.4) is 0 Å². The number of nitrogens with one attached hydrogen (secondary N) is 1. The summed E-state index contributed by atoms with van der Waals surface area (Å²) < 4.78 is 18.2. The number of amides is 1. The average Bonchev–Trinajstić information content (AvgIpc) is 3.86. The molecule has 0 unspecified atom stereocenters. The minimum absolute atomic E-state index is 0.0319. The minimum atomic E-state index is -0.925. The van der Waals surface area contributed by atoms with Crippen LogP contribution in [0.25, 0.3) is 11.1 Å². The van der Waals surface area contributed by atoms with E-state index in [0.29, 0.717) is 65.0 Å². The molecule has 0 aromatic heterocycles. The summed E-state index contributed by atoms with van der Waals surface area (Å²) in [6.45, 7) is 8.14. The fourth-order valence-electron chi connectivity index (χ4n) is 6.51. The predicted molar refractivity (Wildman–Crippen MR) is 208 cm³/mol. The Morgan fingerprint density at radius 1 is 0.865 bits per heavy atom. The molecule has 2 heterocycles. The molecular formula is C36H36Br2Cl4N2O8. The third-order valence-electron chi connectivity index (χ3n) is 9.15. The van der Waals surface area contributed by atoms with Crippen molar-refractivity contribution in [3.05, 3.63) is 74.9 Å². The van der Waals surface area contributed by atoms with E-state index in [1.165, 1.54) is 6.08 Å². The highest BCUT2D eigenvalue weighted by Gasteiger charge is 2.53. The van der Waals surface area contributed by atoms with Gasteiger partial charge in [0, 0.05) is 33.2 Å². The van der Waals surface area contributed by atoms with E-state index in [2.05, 4.69) is 42.2 Å². The van der Waals surface area contributed by atoms with Crippen molar-refractivity contribution in [3.63, 3.8) is 0 Å². The lowest BCUT2D eigenvalue weighted by atomic mass is 9.94. The normalized spacial score (nSPS) is 18.0. The molecule has 6 rings (SSSR count). The van der Waals surface area contributed by atoms with Gasteiger partial charge in [-0.3, -0.25) is 0 Å². The fraction of sp³-hybridized carbons (Fsp3) is 0.444. The average molecular weight is 926 g/mol. The molecule has 2 saturated carbocycles. The number of aliphatic hydroxyl groups excluding tert-OH is 1. The van der Waals surface area contributed by atoms with Crippen LogP contribution in [0.2, 0.25) is 20.1 Å². The van der Waals surface area contributed by atoms with E-state index >= 15 is 0 Å². The van der Waals surface area contributed by atoms with Crippen LogP contribution in [0.4, 0.5) is 4.79 Å². The van der Waals surface area contributed by atoms with Crippen LogP contribution >= 0.6 is 78.3 Å². The summed E-state index contributed by atoms with van der Waals surface area (Å²) in [4.78, 5) is 49.4. The molecular weight excluding hydrogens is 890 g/mol.